The minimum Gasteiger partial charge on any atom is -0.480 e. The summed E-state index contributed by atoms with van der Waals surface area (Å²) in [5.41, 5.74) is 5.73. The molecule has 0 saturated heterocycles. The van der Waals surface area contributed by atoms with Gasteiger partial charge in [0.25, 0.3) is 0 Å². The van der Waals surface area contributed by atoms with E-state index in [1.54, 1.807) is 11.8 Å². The first-order chi connectivity index (χ1) is 12.5. The minimum absolute atomic E-state index is 0.113. The zero-order chi connectivity index (χ0) is 21.1. The first-order valence-corrected chi connectivity index (χ1v) is 10.2. The number of carbonyl (C=O) groups excluding carboxylic acids is 3. The zero-order valence-corrected chi connectivity index (χ0v) is 17.2. The molecule has 10 nitrogen and oxygen atoms in total. The maximum Gasteiger partial charge on any atom is 0.328 e. The van der Waals surface area contributed by atoms with Gasteiger partial charge in [-0.3, -0.25) is 14.4 Å². The van der Waals surface area contributed by atoms with Gasteiger partial charge in [-0.25, -0.2) is 4.79 Å². The van der Waals surface area contributed by atoms with E-state index in [9.17, 15) is 24.3 Å². The molecule has 0 heterocycles. The summed E-state index contributed by atoms with van der Waals surface area (Å²) >= 11 is 5.51. The summed E-state index contributed by atoms with van der Waals surface area (Å²) in [5.74, 6) is -2.79. The Morgan fingerprint density at radius 3 is 2.11 bits per heavy atom. The van der Waals surface area contributed by atoms with E-state index in [2.05, 4.69) is 28.6 Å². The lowest BCUT2D eigenvalue weighted by Crippen LogP contribution is -2.58. The molecular weight excluding hydrogens is 396 g/mol. The Morgan fingerprint density at radius 1 is 1.07 bits per heavy atom. The molecular formula is C15H28N4O6S2. The van der Waals surface area contributed by atoms with Crippen LogP contribution in [0.15, 0.2) is 0 Å². The minimum atomic E-state index is -1.52. The average molecular weight is 425 g/mol. The van der Waals surface area contributed by atoms with Gasteiger partial charge in [-0.2, -0.15) is 24.4 Å². The predicted octanol–water partition coefficient (Wildman–Crippen LogP) is -2.06. The summed E-state index contributed by atoms with van der Waals surface area (Å²) in [6.07, 6.45) is 1.01. The zero-order valence-electron chi connectivity index (χ0n) is 15.5. The molecule has 0 aliphatic carbocycles. The normalized spacial score (nSPS) is 16.4. The Kier molecular flexibility index (Phi) is 12.1. The lowest BCUT2D eigenvalue weighted by Gasteiger charge is -2.23. The molecule has 0 aliphatic rings. The molecule has 12 heteroatoms. The number of carboxylic acids is 1. The number of amides is 3. The summed E-state index contributed by atoms with van der Waals surface area (Å²) in [4.78, 5) is 47.3. The maximum atomic E-state index is 12.2. The van der Waals surface area contributed by atoms with Gasteiger partial charge in [-0.1, -0.05) is 0 Å². The molecule has 5 unspecified atom stereocenters. The summed E-state index contributed by atoms with van der Waals surface area (Å²) in [5, 5.41) is 25.4. The number of hydrogen-bond acceptors (Lipinski definition) is 8. The molecule has 0 saturated carbocycles. The van der Waals surface area contributed by atoms with E-state index in [-0.39, 0.29) is 5.75 Å². The molecule has 0 aromatic rings. The van der Waals surface area contributed by atoms with Gasteiger partial charge in [-0.05, 0) is 32.3 Å². The van der Waals surface area contributed by atoms with Crippen LogP contribution in [0.3, 0.4) is 0 Å². The second kappa shape index (κ2) is 12.8. The Bertz CT molecular complexity index is 534. The Hall–Kier alpha value is -1.50. The van der Waals surface area contributed by atoms with Crippen LogP contribution in [-0.4, -0.2) is 81.9 Å². The SMILES string of the molecule is CSCCC(N)C(=O)NC(C)C(=O)NC(CS)C(=O)NC(C(=O)O)C(C)O. The third-order valence-corrected chi connectivity index (χ3v) is 4.59. The molecule has 27 heavy (non-hydrogen) atoms. The number of rotatable bonds is 12. The van der Waals surface area contributed by atoms with Crippen LogP contribution >= 0.6 is 24.4 Å². The molecule has 3 amide bonds. The highest BCUT2D eigenvalue weighted by molar-refractivity contribution is 7.98. The van der Waals surface area contributed by atoms with Crippen LogP contribution in [0.25, 0.3) is 0 Å². The average Bonchev–Trinajstić information content (AvgIpc) is 2.60. The summed E-state index contributed by atoms with van der Waals surface area (Å²) in [7, 11) is 0. The van der Waals surface area contributed by atoms with Crippen molar-refractivity contribution < 1.29 is 29.4 Å². The van der Waals surface area contributed by atoms with Gasteiger partial charge in [0.05, 0.1) is 12.1 Å². The van der Waals surface area contributed by atoms with Crippen LogP contribution in [0.2, 0.25) is 0 Å². The number of carbonyl (C=O) groups is 4. The van der Waals surface area contributed by atoms with Crippen molar-refractivity contribution in [3.8, 4) is 0 Å². The van der Waals surface area contributed by atoms with Gasteiger partial charge < -0.3 is 31.9 Å². The van der Waals surface area contributed by atoms with Crippen molar-refractivity contribution in [3.05, 3.63) is 0 Å². The van der Waals surface area contributed by atoms with Gasteiger partial charge >= 0.3 is 5.97 Å². The van der Waals surface area contributed by atoms with E-state index in [1.165, 1.54) is 13.8 Å². The smallest absolute Gasteiger partial charge is 0.328 e. The van der Waals surface area contributed by atoms with Crippen LogP contribution in [0.1, 0.15) is 20.3 Å². The standard InChI is InChI=1S/C15H28N4O6S2/c1-7(17-13(22)9(16)4-5-27-3)12(21)18-10(6-26)14(23)19-11(8(2)20)15(24)25/h7-11,20,26H,4-6,16H2,1-3H3,(H,17,22)(H,18,21)(H,19,23)(H,24,25). The topological polar surface area (TPSA) is 171 Å². The van der Waals surface area contributed by atoms with Crippen molar-refractivity contribution in [2.24, 2.45) is 5.73 Å². The molecule has 5 atom stereocenters. The number of aliphatic hydroxyl groups is 1. The maximum absolute atomic E-state index is 12.2. The fourth-order valence-corrected chi connectivity index (χ4v) is 2.64. The third kappa shape index (κ3) is 9.31. The molecule has 7 N–H and O–H groups in total. The highest BCUT2D eigenvalue weighted by Crippen LogP contribution is 2.00. The van der Waals surface area contributed by atoms with Crippen molar-refractivity contribution >= 4 is 48.1 Å². The number of thiol groups is 1. The fourth-order valence-electron chi connectivity index (χ4n) is 1.90. The first kappa shape index (κ1) is 25.5. The molecule has 0 aromatic heterocycles. The van der Waals surface area contributed by atoms with Crippen molar-refractivity contribution in [3.63, 3.8) is 0 Å². The lowest BCUT2D eigenvalue weighted by atomic mass is 10.1. The van der Waals surface area contributed by atoms with Gasteiger partial charge in [-0.15, -0.1) is 0 Å². The Balaban J connectivity index is 4.75. The predicted molar refractivity (Wildman–Crippen MR) is 106 cm³/mol. The lowest BCUT2D eigenvalue weighted by molar-refractivity contribution is -0.145. The number of thioether (sulfide) groups is 1. The molecule has 0 rings (SSSR count). The Labute approximate surface area is 167 Å². The van der Waals surface area contributed by atoms with E-state index in [0.717, 1.165) is 0 Å². The number of carboxylic acid groups (broad SMARTS) is 1. The number of nitrogens with one attached hydrogen (secondary N) is 3. The van der Waals surface area contributed by atoms with Crippen LogP contribution < -0.4 is 21.7 Å². The van der Waals surface area contributed by atoms with Crippen molar-refractivity contribution in [2.75, 3.05) is 17.8 Å². The summed E-state index contributed by atoms with van der Waals surface area (Å²) < 4.78 is 0. The highest BCUT2D eigenvalue weighted by Gasteiger charge is 2.30. The highest BCUT2D eigenvalue weighted by atomic mass is 32.2. The quantitative estimate of drug-likeness (QED) is 0.175. The largest absolute Gasteiger partial charge is 0.480 e. The Morgan fingerprint density at radius 2 is 1.67 bits per heavy atom. The third-order valence-electron chi connectivity index (χ3n) is 3.58. The first-order valence-electron chi connectivity index (χ1n) is 8.22. The van der Waals surface area contributed by atoms with Gasteiger partial charge in [0.2, 0.25) is 17.7 Å². The molecule has 0 spiro atoms. The molecule has 0 aromatic carbocycles. The van der Waals surface area contributed by atoms with Crippen LogP contribution in [0.4, 0.5) is 0 Å². The van der Waals surface area contributed by atoms with Crippen molar-refractivity contribution in [1.29, 1.82) is 0 Å². The van der Waals surface area contributed by atoms with E-state index in [4.69, 9.17) is 10.8 Å². The molecule has 156 valence electrons. The summed E-state index contributed by atoms with van der Waals surface area (Å²) in [6, 6.07) is -4.38. The van der Waals surface area contributed by atoms with Gasteiger partial charge in [0, 0.05) is 5.75 Å². The van der Waals surface area contributed by atoms with Crippen molar-refractivity contribution in [1.82, 2.24) is 16.0 Å². The van der Waals surface area contributed by atoms with Crippen LogP contribution in [0.5, 0.6) is 0 Å². The van der Waals surface area contributed by atoms with E-state index in [1.807, 2.05) is 6.26 Å². The van der Waals surface area contributed by atoms with Crippen LogP contribution in [0, 0.1) is 0 Å². The number of aliphatic hydroxyl groups excluding tert-OH is 1. The van der Waals surface area contributed by atoms with E-state index >= 15 is 0 Å². The number of nitrogens with two attached hydrogens (primary N) is 1. The molecule has 0 aliphatic heterocycles. The molecule has 0 bridgehead atoms. The molecule has 0 radical (unpaired) electrons. The van der Waals surface area contributed by atoms with E-state index < -0.39 is 54.0 Å². The fraction of sp³-hybridized carbons (Fsp3) is 0.733. The summed E-state index contributed by atoms with van der Waals surface area (Å²) in [6.45, 7) is 2.64. The van der Waals surface area contributed by atoms with Gasteiger partial charge in [0.15, 0.2) is 6.04 Å². The van der Waals surface area contributed by atoms with E-state index in [0.29, 0.717) is 12.2 Å². The number of aliphatic carboxylic acids is 1. The van der Waals surface area contributed by atoms with Crippen LogP contribution in [-0.2, 0) is 19.2 Å². The monoisotopic (exact) mass is 424 g/mol. The van der Waals surface area contributed by atoms with Gasteiger partial charge in [0.1, 0.15) is 12.1 Å². The second-order valence-corrected chi connectivity index (χ2v) is 7.28. The second-order valence-electron chi connectivity index (χ2n) is 5.93. The molecule has 0 fully saturated rings. The number of hydrogen-bond donors (Lipinski definition) is 7. The van der Waals surface area contributed by atoms with Crippen molar-refractivity contribution in [2.45, 2.75) is 50.5 Å².